The standard InChI is InChI=1S/C13H11N3O.CH3Cl.CH4/c1-2-11(9-15-5-1)13-8-12(16-17-13)10-3-6-14-7-4-10;1-2;/h1-7,9,13H,8H2;1H3;1H4. The molecule has 0 N–H and O–H groups in total. The lowest BCUT2D eigenvalue weighted by Gasteiger charge is -2.06. The number of pyridine rings is 2. The van der Waals surface area contributed by atoms with E-state index < -0.39 is 0 Å². The fourth-order valence-corrected chi connectivity index (χ4v) is 1.84. The van der Waals surface area contributed by atoms with Crippen molar-refractivity contribution < 1.29 is 4.84 Å². The molecule has 3 rings (SSSR count). The van der Waals surface area contributed by atoms with Crippen molar-refractivity contribution in [3.8, 4) is 0 Å². The van der Waals surface area contributed by atoms with Crippen LogP contribution >= 0.6 is 11.6 Å². The van der Waals surface area contributed by atoms with E-state index in [1.807, 2.05) is 30.5 Å². The normalized spacial score (nSPS) is 16.1. The third-order valence-corrected chi connectivity index (χ3v) is 2.74. The van der Waals surface area contributed by atoms with Gasteiger partial charge in [-0.3, -0.25) is 9.97 Å². The van der Waals surface area contributed by atoms with E-state index >= 15 is 0 Å². The van der Waals surface area contributed by atoms with Gasteiger partial charge in [0.1, 0.15) is 0 Å². The van der Waals surface area contributed by atoms with Crippen LogP contribution in [0, 0.1) is 0 Å². The van der Waals surface area contributed by atoms with Crippen molar-refractivity contribution in [2.75, 3.05) is 6.38 Å². The maximum atomic E-state index is 5.43. The number of nitrogens with zero attached hydrogens (tertiary/aromatic N) is 3. The molecule has 2 aromatic heterocycles. The van der Waals surface area contributed by atoms with Crippen LogP contribution < -0.4 is 0 Å². The lowest BCUT2D eigenvalue weighted by atomic mass is 10.0. The Bertz CT molecular complexity index is 531. The number of halogens is 1. The number of oxime groups is 1. The summed E-state index contributed by atoms with van der Waals surface area (Å²) in [5.41, 5.74) is 3.08. The molecule has 1 aliphatic rings. The lowest BCUT2D eigenvalue weighted by Crippen LogP contribution is -2.01. The van der Waals surface area contributed by atoms with Crippen LogP contribution in [-0.2, 0) is 4.84 Å². The van der Waals surface area contributed by atoms with Crippen LogP contribution in [0.15, 0.2) is 54.2 Å². The zero-order chi connectivity index (χ0) is 13.5. The van der Waals surface area contributed by atoms with Crippen LogP contribution in [-0.4, -0.2) is 22.1 Å². The van der Waals surface area contributed by atoms with Crippen molar-refractivity contribution >= 4 is 17.3 Å². The molecule has 0 saturated heterocycles. The summed E-state index contributed by atoms with van der Waals surface area (Å²) in [7, 11) is 0. The first-order chi connectivity index (χ1) is 9.43. The van der Waals surface area contributed by atoms with Crippen molar-refractivity contribution in [3.05, 3.63) is 60.2 Å². The van der Waals surface area contributed by atoms with Crippen LogP contribution in [0.4, 0.5) is 0 Å². The first-order valence-electron chi connectivity index (χ1n) is 5.84. The molecule has 106 valence electrons. The second-order valence-electron chi connectivity index (χ2n) is 3.86. The summed E-state index contributed by atoms with van der Waals surface area (Å²) in [6.45, 7) is 0. The zero-order valence-electron chi connectivity index (χ0n) is 10.5. The summed E-state index contributed by atoms with van der Waals surface area (Å²) in [6.07, 6.45) is 9.31. The van der Waals surface area contributed by atoms with Crippen molar-refractivity contribution in [1.29, 1.82) is 0 Å². The monoisotopic (exact) mass is 291 g/mol. The molecule has 4 nitrogen and oxygen atoms in total. The summed E-state index contributed by atoms with van der Waals surface area (Å²) in [4.78, 5) is 13.5. The second-order valence-corrected chi connectivity index (χ2v) is 3.86. The molecule has 5 heteroatoms. The lowest BCUT2D eigenvalue weighted by molar-refractivity contribution is 0.0855. The topological polar surface area (TPSA) is 47.4 Å². The molecule has 0 bridgehead atoms. The zero-order valence-corrected chi connectivity index (χ0v) is 11.3. The Morgan fingerprint density at radius 2 is 1.85 bits per heavy atom. The minimum atomic E-state index is -0.0214. The maximum absolute atomic E-state index is 5.43. The molecular formula is C15H18ClN3O. The van der Waals surface area contributed by atoms with Crippen molar-refractivity contribution in [2.24, 2.45) is 5.16 Å². The Morgan fingerprint density at radius 3 is 2.50 bits per heavy atom. The van der Waals surface area contributed by atoms with E-state index in [0.29, 0.717) is 0 Å². The molecule has 3 heterocycles. The van der Waals surface area contributed by atoms with E-state index in [9.17, 15) is 0 Å². The van der Waals surface area contributed by atoms with Crippen LogP contribution in [0.3, 0.4) is 0 Å². The molecule has 2 aromatic rings. The highest BCUT2D eigenvalue weighted by atomic mass is 35.5. The molecular weight excluding hydrogens is 274 g/mol. The summed E-state index contributed by atoms with van der Waals surface area (Å²) in [5, 5.41) is 4.12. The number of rotatable bonds is 2. The molecule has 20 heavy (non-hydrogen) atoms. The average Bonchev–Trinajstić information content (AvgIpc) is 3.01. The molecule has 0 aromatic carbocycles. The fraction of sp³-hybridized carbons (Fsp3) is 0.267. The highest BCUT2D eigenvalue weighted by Gasteiger charge is 2.23. The average molecular weight is 292 g/mol. The Labute approximate surface area is 124 Å². The molecule has 0 spiro atoms. The van der Waals surface area contributed by atoms with Gasteiger partial charge in [-0.15, -0.1) is 11.6 Å². The molecule has 0 aliphatic carbocycles. The van der Waals surface area contributed by atoms with Crippen LogP contribution in [0.2, 0.25) is 0 Å². The third kappa shape index (κ3) is 3.78. The van der Waals surface area contributed by atoms with Crippen molar-refractivity contribution in [1.82, 2.24) is 9.97 Å². The Morgan fingerprint density at radius 1 is 1.10 bits per heavy atom. The van der Waals surface area contributed by atoms with E-state index in [-0.39, 0.29) is 13.5 Å². The minimum absolute atomic E-state index is 0. The maximum Gasteiger partial charge on any atom is 0.159 e. The van der Waals surface area contributed by atoms with E-state index in [1.54, 1.807) is 18.6 Å². The highest BCUT2D eigenvalue weighted by Crippen LogP contribution is 2.28. The van der Waals surface area contributed by atoms with Gasteiger partial charge in [0.2, 0.25) is 0 Å². The van der Waals surface area contributed by atoms with Gasteiger partial charge in [0.15, 0.2) is 6.10 Å². The molecule has 0 amide bonds. The van der Waals surface area contributed by atoms with E-state index in [0.717, 1.165) is 23.3 Å². The number of hydrogen-bond acceptors (Lipinski definition) is 4. The second kappa shape index (κ2) is 8.27. The molecule has 1 aliphatic heterocycles. The minimum Gasteiger partial charge on any atom is -0.387 e. The Kier molecular flexibility index (Phi) is 6.67. The van der Waals surface area contributed by atoms with Gasteiger partial charge in [0, 0.05) is 48.7 Å². The molecule has 0 saturated carbocycles. The van der Waals surface area contributed by atoms with Gasteiger partial charge in [-0.05, 0) is 18.2 Å². The predicted molar refractivity (Wildman–Crippen MR) is 82.0 cm³/mol. The van der Waals surface area contributed by atoms with E-state index in [4.69, 9.17) is 4.84 Å². The first-order valence-corrected chi connectivity index (χ1v) is 6.60. The van der Waals surface area contributed by atoms with Crippen LogP contribution in [0.1, 0.15) is 31.1 Å². The van der Waals surface area contributed by atoms with E-state index in [1.165, 1.54) is 6.38 Å². The van der Waals surface area contributed by atoms with Gasteiger partial charge in [0.25, 0.3) is 0 Å². The fourth-order valence-electron chi connectivity index (χ4n) is 1.84. The van der Waals surface area contributed by atoms with Crippen molar-refractivity contribution in [2.45, 2.75) is 20.0 Å². The molecule has 1 unspecified atom stereocenters. The van der Waals surface area contributed by atoms with Gasteiger partial charge >= 0.3 is 0 Å². The summed E-state index contributed by atoms with van der Waals surface area (Å²) < 4.78 is 0. The van der Waals surface area contributed by atoms with Gasteiger partial charge in [0.05, 0.1) is 5.71 Å². The summed E-state index contributed by atoms with van der Waals surface area (Å²) in [5.74, 6) is 0. The SMILES string of the molecule is C.CCl.c1cncc(C2CC(c3ccncc3)=NO2)c1. The predicted octanol–water partition coefficient (Wildman–Crippen LogP) is 3.83. The van der Waals surface area contributed by atoms with Gasteiger partial charge < -0.3 is 4.84 Å². The van der Waals surface area contributed by atoms with Gasteiger partial charge in [-0.25, -0.2) is 0 Å². The first kappa shape index (κ1) is 16.1. The number of hydrogen-bond donors (Lipinski definition) is 0. The van der Waals surface area contributed by atoms with Gasteiger partial charge in [-0.2, -0.15) is 0 Å². The Balaban J connectivity index is 0.000000639. The Hall–Kier alpha value is -1.94. The largest absolute Gasteiger partial charge is 0.387 e. The third-order valence-electron chi connectivity index (χ3n) is 2.74. The van der Waals surface area contributed by atoms with Crippen molar-refractivity contribution in [3.63, 3.8) is 0 Å². The summed E-state index contributed by atoms with van der Waals surface area (Å²) in [6, 6.07) is 7.79. The highest BCUT2D eigenvalue weighted by molar-refractivity contribution is 6.15. The molecule has 1 atom stereocenters. The summed E-state index contributed by atoms with van der Waals surface area (Å²) >= 11 is 4.64. The molecule has 0 radical (unpaired) electrons. The van der Waals surface area contributed by atoms with Gasteiger partial charge in [-0.1, -0.05) is 18.6 Å². The molecule has 0 fully saturated rings. The quantitative estimate of drug-likeness (QED) is 0.790. The van der Waals surface area contributed by atoms with E-state index in [2.05, 4.69) is 26.7 Å². The number of aromatic nitrogens is 2. The number of alkyl halides is 1. The van der Waals surface area contributed by atoms with Crippen LogP contribution in [0.5, 0.6) is 0 Å². The van der Waals surface area contributed by atoms with Crippen LogP contribution in [0.25, 0.3) is 0 Å². The smallest absolute Gasteiger partial charge is 0.159 e.